The van der Waals surface area contributed by atoms with E-state index in [0.717, 1.165) is 12.8 Å². The lowest BCUT2D eigenvalue weighted by molar-refractivity contribution is -0.146. The van der Waals surface area contributed by atoms with Crippen LogP contribution in [0.4, 0.5) is 0 Å². The molecule has 0 saturated carbocycles. The van der Waals surface area contributed by atoms with Crippen LogP contribution in [0.5, 0.6) is 0 Å². The van der Waals surface area contributed by atoms with E-state index in [4.69, 9.17) is 4.74 Å². The topological polar surface area (TPSA) is 26.3 Å². The van der Waals surface area contributed by atoms with Crippen LogP contribution < -0.4 is 0 Å². The van der Waals surface area contributed by atoms with Crippen LogP contribution in [0.1, 0.15) is 143 Å². The van der Waals surface area contributed by atoms with Crippen molar-refractivity contribution in [3.63, 3.8) is 0 Å². The number of hydrogen-bond donors (Lipinski definition) is 0. The second-order valence-corrected chi connectivity index (χ2v) is 9.26. The summed E-state index contributed by atoms with van der Waals surface area (Å²) >= 11 is 0. The molecule has 0 aliphatic carbocycles. The predicted octanol–water partition coefficient (Wildman–Crippen LogP) is 8.62. The lowest BCUT2D eigenvalue weighted by Gasteiger charge is -2.23. The molecule has 0 radical (unpaired) electrons. The maximum atomic E-state index is 12.1. The first kappa shape index (κ1) is 26.5. The predicted molar refractivity (Wildman–Crippen MR) is 119 cm³/mol. The molecule has 0 heterocycles. The van der Waals surface area contributed by atoms with Gasteiger partial charge in [-0.25, -0.2) is 0 Å². The Balaban J connectivity index is 3.52. The molecule has 0 N–H and O–H groups in total. The van der Waals surface area contributed by atoms with Gasteiger partial charge in [0, 0.05) is 0 Å². The molecule has 0 unspecified atom stereocenters. The molecular formula is C25H50O2. The molecule has 0 fully saturated rings. The Labute approximate surface area is 171 Å². The second-order valence-electron chi connectivity index (χ2n) is 9.26. The number of hydrogen-bond acceptors (Lipinski definition) is 2. The van der Waals surface area contributed by atoms with Crippen molar-refractivity contribution in [2.75, 3.05) is 6.61 Å². The largest absolute Gasteiger partial charge is 0.466 e. The highest BCUT2D eigenvalue weighted by atomic mass is 16.5. The Bertz CT molecular complexity index is 322. The van der Waals surface area contributed by atoms with Gasteiger partial charge in [-0.2, -0.15) is 0 Å². The fourth-order valence-electron chi connectivity index (χ4n) is 3.69. The van der Waals surface area contributed by atoms with E-state index in [1.165, 1.54) is 96.3 Å². The van der Waals surface area contributed by atoms with Gasteiger partial charge < -0.3 is 4.74 Å². The Morgan fingerprint density at radius 2 is 1.04 bits per heavy atom. The first-order chi connectivity index (χ1) is 13.0. The van der Waals surface area contributed by atoms with Crippen LogP contribution in [0.25, 0.3) is 0 Å². The molecule has 0 amide bonds. The SMILES string of the molecule is CCCCCCCCCCOC(=O)CC(C)(C)CCCCCCCCCC. The molecule has 27 heavy (non-hydrogen) atoms. The summed E-state index contributed by atoms with van der Waals surface area (Å²) in [6.07, 6.45) is 22.7. The molecule has 0 spiro atoms. The van der Waals surface area contributed by atoms with Crippen LogP contribution in [0.3, 0.4) is 0 Å². The third-order valence-corrected chi connectivity index (χ3v) is 5.59. The molecule has 0 rings (SSSR count). The van der Waals surface area contributed by atoms with Crippen LogP contribution in [0, 0.1) is 5.41 Å². The van der Waals surface area contributed by atoms with Crippen LogP contribution in [0.15, 0.2) is 0 Å². The summed E-state index contributed by atoms with van der Waals surface area (Å²) in [5.74, 6) is 0.00233. The van der Waals surface area contributed by atoms with Gasteiger partial charge in [-0.3, -0.25) is 4.79 Å². The number of unbranched alkanes of at least 4 members (excludes halogenated alkanes) is 14. The van der Waals surface area contributed by atoms with E-state index in [1.807, 2.05) is 0 Å². The maximum absolute atomic E-state index is 12.1. The van der Waals surface area contributed by atoms with Gasteiger partial charge in [0.15, 0.2) is 0 Å². The third kappa shape index (κ3) is 20.0. The molecule has 0 aliphatic rings. The monoisotopic (exact) mass is 382 g/mol. The van der Waals surface area contributed by atoms with Crippen molar-refractivity contribution < 1.29 is 9.53 Å². The minimum atomic E-state index is 0.00233. The molecule has 0 atom stereocenters. The summed E-state index contributed by atoms with van der Waals surface area (Å²) in [5, 5.41) is 0. The third-order valence-electron chi connectivity index (χ3n) is 5.59. The van der Waals surface area contributed by atoms with E-state index in [9.17, 15) is 4.79 Å². The minimum Gasteiger partial charge on any atom is -0.466 e. The van der Waals surface area contributed by atoms with Crippen molar-refractivity contribution >= 4 is 5.97 Å². The van der Waals surface area contributed by atoms with Gasteiger partial charge in [0.2, 0.25) is 0 Å². The summed E-state index contributed by atoms with van der Waals surface area (Å²) < 4.78 is 5.47. The van der Waals surface area contributed by atoms with Crippen molar-refractivity contribution in [1.82, 2.24) is 0 Å². The molecule has 0 aromatic rings. The van der Waals surface area contributed by atoms with Gasteiger partial charge in [-0.15, -0.1) is 0 Å². The van der Waals surface area contributed by atoms with Crippen LogP contribution in [-0.4, -0.2) is 12.6 Å². The van der Waals surface area contributed by atoms with Gasteiger partial charge in [-0.1, -0.05) is 124 Å². The van der Waals surface area contributed by atoms with Crippen molar-refractivity contribution in [2.45, 2.75) is 143 Å². The molecule has 0 aromatic carbocycles. The van der Waals surface area contributed by atoms with Crippen LogP contribution in [0.2, 0.25) is 0 Å². The van der Waals surface area contributed by atoms with Gasteiger partial charge in [0.25, 0.3) is 0 Å². The maximum Gasteiger partial charge on any atom is 0.306 e. The number of ether oxygens (including phenoxy) is 1. The van der Waals surface area contributed by atoms with Gasteiger partial charge in [0.05, 0.1) is 13.0 Å². The van der Waals surface area contributed by atoms with E-state index in [2.05, 4.69) is 27.7 Å². The summed E-state index contributed by atoms with van der Waals surface area (Å²) in [5.41, 5.74) is 0.0819. The highest BCUT2D eigenvalue weighted by Crippen LogP contribution is 2.28. The summed E-state index contributed by atoms with van der Waals surface area (Å²) in [6.45, 7) is 9.56. The average molecular weight is 383 g/mol. The Morgan fingerprint density at radius 1 is 0.630 bits per heavy atom. The lowest BCUT2D eigenvalue weighted by atomic mass is 9.83. The normalized spacial score (nSPS) is 11.7. The molecule has 2 nitrogen and oxygen atoms in total. The summed E-state index contributed by atoms with van der Waals surface area (Å²) in [6, 6.07) is 0. The molecule has 0 aromatic heterocycles. The first-order valence-corrected chi connectivity index (χ1v) is 12.2. The zero-order valence-corrected chi connectivity index (χ0v) is 19.3. The lowest BCUT2D eigenvalue weighted by Crippen LogP contribution is -2.19. The minimum absolute atomic E-state index is 0.00233. The standard InChI is InChI=1S/C25H50O2/c1-5-7-9-11-13-15-17-19-21-25(3,4)23-24(26)27-22-20-18-16-14-12-10-8-6-2/h5-23H2,1-4H3. The number of rotatable bonds is 20. The fraction of sp³-hybridized carbons (Fsp3) is 0.960. The van der Waals surface area contributed by atoms with E-state index < -0.39 is 0 Å². The highest BCUT2D eigenvalue weighted by Gasteiger charge is 2.22. The Morgan fingerprint density at radius 3 is 1.52 bits per heavy atom. The van der Waals surface area contributed by atoms with Crippen LogP contribution in [-0.2, 0) is 9.53 Å². The molecule has 162 valence electrons. The molecule has 0 bridgehead atoms. The van der Waals surface area contributed by atoms with Gasteiger partial charge in [0.1, 0.15) is 0 Å². The summed E-state index contributed by atoms with van der Waals surface area (Å²) in [4.78, 5) is 12.1. The van der Waals surface area contributed by atoms with Crippen molar-refractivity contribution in [3.8, 4) is 0 Å². The molecule has 0 saturated heterocycles. The van der Waals surface area contributed by atoms with Crippen LogP contribution >= 0.6 is 0 Å². The fourth-order valence-corrected chi connectivity index (χ4v) is 3.69. The molecule has 2 heteroatoms. The smallest absolute Gasteiger partial charge is 0.306 e. The van der Waals surface area contributed by atoms with Crippen molar-refractivity contribution in [2.24, 2.45) is 5.41 Å². The Hall–Kier alpha value is -0.530. The highest BCUT2D eigenvalue weighted by molar-refractivity contribution is 5.70. The quantitative estimate of drug-likeness (QED) is 0.155. The average Bonchev–Trinajstić information content (AvgIpc) is 2.62. The van der Waals surface area contributed by atoms with Gasteiger partial charge in [-0.05, 0) is 18.3 Å². The second kappa shape index (κ2) is 18.8. The van der Waals surface area contributed by atoms with E-state index in [-0.39, 0.29) is 11.4 Å². The van der Waals surface area contributed by atoms with Crippen molar-refractivity contribution in [1.29, 1.82) is 0 Å². The Kier molecular flexibility index (Phi) is 18.4. The number of carbonyl (C=O) groups is 1. The van der Waals surface area contributed by atoms with Crippen molar-refractivity contribution in [3.05, 3.63) is 0 Å². The number of carbonyl (C=O) groups excluding carboxylic acids is 1. The zero-order valence-electron chi connectivity index (χ0n) is 19.3. The van der Waals surface area contributed by atoms with E-state index >= 15 is 0 Å². The van der Waals surface area contributed by atoms with E-state index in [1.54, 1.807) is 0 Å². The molecular weight excluding hydrogens is 332 g/mol. The zero-order chi connectivity index (χ0) is 20.2. The summed E-state index contributed by atoms with van der Waals surface area (Å²) in [7, 11) is 0. The first-order valence-electron chi connectivity index (χ1n) is 12.2. The number of esters is 1. The van der Waals surface area contributed by atoms with Gasteiger partial charge >= 0.3 is 5.97 Å². The molecule has 0 aliphatic heterocycles. The van der Waals surface area contributed by atoms with E-state index in [0.29, 0.717) is 13.0 Å².